The van der Waals surface area contributed by atoms with Gasteiger partial charge in [-0.25, -0.2) is 9.97 Å². The highest BCUT2D eigenvalue weighted by atomic mass is 14.9. The van der Waals surface area contributed by atoms with E-state index in [0.29, 0.717) is 5.82 Å². The van der Waals surface area contributed by atoms with Gasteiger partial charge in [0.05, 0.1) is 11.2 Å². The summed E-state index contributed by atoms with van der Waals surface area (Å²) in [5.41, 5.74) is 11.0. The number of pyridine rings is 1. The fourth-order valence-electron chi connectivity index (χ4n) is 2.71. The van der Waals surface area contributed by atoms with Gasteiger partial charge in [-0.05, 0) is 23.8 Å². The Kier molecular flexibility index (Phi) is 3.20. The molecule has 0 atom stereocenters. The molecule has 2 heterocycles. The molecule has 0 radical (unpaired) electrons. The molecule has 2 aromatic heterocycles. The molecule has 4 nitrogen and oxygen atoms in total. The molecule has 4 rings (SSSR count). The predicted molar refractivity (Wildman–Crippen MR) is 92.6 cm³/mol. The summed E-state index contributed by atoms with van der Waals surface area (Å²) in [5, 5.41) is 0.855. The number of nitrogens with two attached hydrogens (primary N) is 1. The summed E-state index contributed by atoms with van der Waals surface area (Å²) in [4.78, 5) is 12.9. The van der Waals surface area contributed by atoms with Gasteiger partial charge in [-0.15, -0.1) is 0 Å². The van der Waals surface area contributed by atoms with Crippen LogP contribution in [0.15, 0.2) is 73.2 Å². The van der Waals surface area contributed by atoms with Gasteiger partial charge in [0.1, 0.15) is 12.1 Å². The van der Waals surface area contributed by atoms with Crippen LogP contribution in [0.5, 0.6) is 0 Å². The van der Waals surface area contributed by atoms with Crippen LogP contribution in [0.2, 0.25) is 0 Å². The number of aromatic nitrogens is 3. The molecule has 23 heavy (non-hydrogen) atoms. The predicted octanol–water partition coefficient (Wildman–Crippen LogP) is 3.94. The Morgan fingerprint density at radius 3 is 2.48 bits per heavy atom. The van der Waals surface area contributed by atoms with E-state index in [0.717, 1.165) is 33.3 Å². The van der Waals surface area contributed by atoms with Crippen LogP contribution in [0.25, 0.3) is 33.3 Å². The van der Waals surface area contributed by atoms with Gasteiger partial charge < -0.3 is 5.73 Å². The first-order valence-corrected chi connectivity index (χ1v) is 7.34. The molecule has 0 bridgehead atoms. The number of nitrogen functional groups attached to an aromatic ring is 1. The summed E-state index contributed by atoms with van der Waals surface area (Å²) in [7, 11) is 0. The van der Waals surface area contributed by atoms with E-state index >= 15 is 0 Å². The first-order valence-electron chi connectivity index (χ1n) is 7.34. The standard InChI is InChI=1S/C19H14N4/c20-19-16-11-14(8-9-17(16)22-12-23-19)15-7-4-10-21-18(15)13-5-2-1-3-6-13/h1-12H,(H2,20,22,23). The van der Waals surface area contributed by atoms with Crippen molar-refractivity contribution in [3.05, 3.63) is 73.2 Å². The molecule has 2 N–H and O–H groups in total. The molecule has 0 spiro atoms. The average Bonchev–Trinajstić information content (AvgIpc) is 2.63. The maximum atomic E-state index is 5.99. The van der Waals surface area contributed by atoms with Crippen LogP contribution in [-0.2, 0) is 0 Å². The minimum atomic E-state index is 0.488. The largest absolute Gasteiger partial charge is 0.383 e. The number of benzene rings is 2. The smallest absolute Gasteiger partial charge is 0.134 e. The zero-order valence-electron chi connectivity index (χ0n) is 12.3. The van der Waals surface area contributed by atoms with Crippen LogP contribution < -0.4 is 5.73 Å². The number of anilines is 1. The van der Waals surface area contributed by atoms with Gasteiger partial charge in [-0.1, -0.05) is 42.5 Å². The molecule has 0 fully saturated rings. The normalized spacial score (nSPS) is 10.8. The van der Waals surface area contributed by atoms with Gasteiger partial charge in [-0.3, -0.25) is 4.98 Å². The molecule has 0 saturated heterocycles. The third-order valence-corrected chi connectivity index (χ3v) is 3.83. The van der Waals surface area contributed by atoms with Crippen LogP contribution in [0.3, 0.4) is 0 Å². The first kappa shape index (κ1) is 13.4. The van der Waals surface area contributed by atoms with Gasteiger partial charge in [-0.2, -0.15) is 0 Å². The lowest BCUT2D eigenvalue weighted by Gasteiger charge is -2.10. The Bertz CT molecular complexity index is 981. The van der Waals surface area contributed by atoms with E-state index in [1.807, 2.05) is 48.7 Å². The number of fused-ring (bicyclic) bond motifs is 1. The summed E-state index contributed by atoms with van der Waals surface area (Å²) in [6, 6.07) is 20.2. The lowest BCUT2D eigenvalue weighted by Crippen LogP contribution is -1.94. The van der Waals surface area contributed by atoms with Crippen molar-refractivity contribution in [3.8, 4) is 22.4 Å². The van der Waals surface area contributed by atoms with Crippen molar-refractivity contribution < 1.29 is 0 Å². The number of hydrogen-bond acceptors (Lipinski definition) is 4. The molecule has 2 aromatic carbocycles. The number of nitrogens with zero attached hydrogens (tertiary/aromatic N) is 3. The second-order valence-corrected chi connectivity index (χ2v) is 5.26. The van der Waals surface area contributed by atoms with Gasteiger partial charge >= 0.3 is 0 Å². The maximum Gasteiger partial charge on any atom is 0.134 e. The van der Waals surface area contributed by atoms with Crippen LogP contribution in [0.1, 0.15) is 0 Å². The molecular weight excluding hydrogens is 284 g/mol. The Hall–Kier alpha value is -3.27. The second-order valence-electron chi connectivity index (χ2n) is 5.26. The third-order valence-electron chi connectivity index (χ3n) is 3.83. The number of rotatable bonds is 2. The van der Waals surface area contributed by atoms with Crippen LogP contribution >= 0.6 is 0 Å². The van der Waals surface area contributed by atoms with Crippen molar-refractivity contribution in [1.82, 2.24) is 15.0 Å². The lowest BCUT2D eigenvalue weighted by atomic mass is 9.98. The van der Waals surface area contributed by atoms with Crippen LogP contribution in [-0.4, -0.2) is 15.0 Å². The molecule has 4 aromatic rings. The van der Waals surface area contributed by atoms with Gasteiger partial charge in [0, 0.05) is 22.7 Å². The molecule has 0 aliphatic rings. The zero-order chi connectivity index (χ0) is 15.6. The van der Waals surface area contributed by atoms with E-state index in [1.54, 1.807) is 0 Å². The SMILES string of the molecule is Nc1ncnc2ccc(-c3cccnc3-c3ccccc3)cc12. The van der Waals surface area contributed by atoms with Crippen LogP contribution in [0, 0.1) is 0 Å². The maximum absolute atomic E-state index is 5.99. The molecule has 0 unspecified atom stereocenters. The van der Waals surface area contributed by atoms with Gasteiger partial charge in [0.2, 0.25) is 0 Å². The van der Waals surface area contributed by atoms with Crippen molar-refractivity contribution >= 4 is 16.7 Å². The highest BCUT2D eigenvalue weighted by molar-refractivity contribution is 5.93. The van der Waals surface area contributed by atoms with Crippen molar-refractivity contribution in [1.29, 1.82) is 0 Å². The lowest BCUT2D eigenvalue weighted by molar-refractivity contribution is 1.23. The molecule has 0 saturated carbocycles. The summed E-state index contributed by atoms with van der Waals surface area (Å²) >= 11 is 0. The summed E-state index contributed by atoms with van der Waals surface area (Å²) in [6.45, 7) is 0. The van der Waals surface area contributed by atoms with E-state index in [-0.39, 0.29) is 0 Å². The molecule has 0 aliphatic heterocycles. The zero-order valence-corrected chi connectivity index (χ0v) is 12.3. The summed E-state index contributed by atoms with van der Waals surface area (Å²) in [6.07, 6.45) is 3.29. The Balaban J connectivity index is 1.94. The van der Waals surface area contributed by atoms with E-state index in [4.69, 9.17) is 5.73 Å². The second kappa shape index (κ2) is 5.50. The fraction of sp³-hybridized carbons (Fsp3) is 0. The van der Waals surface area contributed by atoms with Crippen molar-refractivity contribution in [2.45, 2.75) is 0 Å². The van der Waals surface area contributed by atoms with E-state index in [1.165, 1.54) is 6.33 Å². The van der Waals surface area contributed by atoms with Gasteiger partial charge in [0.15, 0.2) is 0 Å². The minimum Gasteiger partial charge on any atom is -0.383 e. The minimum absolute atomic E-state index is 0.488. The quantitative estimate of drug-likeness (QED) is 0.608. The Morgan fingerprint density at radius 1 is 0.739 bits per heavy atom. The van der Waals surface area contributed by atoms with Crippen LogP contribution in [0.4, 0.5) is 5.82 Å². The monoisotopic (exact) mass is 298 g/mol. The first-order chi connectivity index (χ1) is 11.3. The van der Waals surface area contributed by atoms with E-state index < -0.39 is 0 Å². The average molecular weight is 298 g/mol. The third kappa shape index (κ3) is 2.40. The van der Waals surface area contributed by atoms with Crippen molar-refractivity contribution in [2.24, 2.45) is 0 Å². The van der Waals surface area contributed by atoms with Gasteiger partial charge in [0.25, 0.3) is 0 Å². The topological polar surface area (TPSA) is 64.7 Å². The summed E-state index contributed by atoms with van der Waals surface area (Å²) < 4.78 is 0. The van der Waals surface area contributed by atoms with E-state index in [9.17, 15) is 0 Å². The highest BCUT2D eigenvalue weighted by Crippen LogP contribution is 2.32. The van der Waals surface area contributed by atoms with Crippen molar-refractivity contribution in [3.63, 3.8) is 0 Å². The molecule has 110 valence electrons. The molecule has 0 amide bonds. The Morgan fingerprint density at radius 2 is 1.61 bits per heavy atom. The summed E-state index contributed by atoms with van der Waals surface area (Å²) in [5.74, 6) is 0.488. The molecule has 4 heteroatoms. The molecular formula is C19H14N4. The molecule has 0 aliphatic carbocycles. The van der Waals surface area contributed by atoms with Crippen molar-refractivity contribution in [2.75, 3.05) is 5.73 Å². The number of hydrogen-bond donors (Lipinski definition) is 1. The van der Waals surface area contributed by atoms with E-state index in [2.05, 4.69) is 33.2 Å². The Labute approximate surface area is 133 Å². The highest BCUT2D eigenvalue weighted by Gasteiger charge is 2.10. The fourth-order valence-corrected chi connectivity index (χ4v) is 2.71.